The summed E-state index contributed by atoms with van der Waals surface area (Å²) < 4.78 is 13.5. The highest BCUT2D eigenvalue weighted by Crippen LogP contribution is 2.35. The minimum Gasteiger partial charge on any atom is -0.495 e. The van der Waals surface area contributed by atoms with E-state index < -0.39 is 5.60 Å². The van der Waals surface area contributed by atoms with Gasteiger partial charge in [0.15, 0.2) is 0 Å². The highest BCUT2D eigenvalue weighted by atomic mass is 16.6. The van der Waals surface area contributed by atoms with Crippen molar-refractivity contribution in [2.45, 2.75) is 45.8 Å². The topological polar surface area (TPSA) is 64.0 Å². The van der Waals surface area contributed by atoms with Crippen molar-refractivity contribution in [2.24, 2.45) is 0 Å². The maximum absolute atomic E-state index is 14.6. The number of nitrogens with zero attached hydrogens (tertiary/aromatic N) is 3. The number of methoxy groups -OCH3 is 1. The Labute approximate surface area is 248 Å². The van der Waals surface area contributed by atoms with Crippen molar-refractivity contribution in [3.63, 3.8) is 0 Å². The summed E-state index contributed by atoms with van der Waals surface area (Å²) >= 11 is 0. The van der Waals surface area contributed by atoms with Gasteiger partial charge in [-0.2, -0.15) is 0 Å². The number of rotatable bonds is 6. The third kappa shape index (κ3) is 6.20. The Morgan fingerprint density at radius 2 is 1.52 bits per heavy atom. The molecular formula is C35H39N3O4. The van der Waals surface area contributed by atoms with Gasteiger partial charge in [0, 0.05) is 25.3 Å². The van der Waals surface area contributed by atoms with Gasteiger partial charge in [0.2, 0.25) is 0 Å². The third-order valence-electron chi connectivity index (χ3n) is 7.50. The molecule has 5 rings (SSSR count). The van der Waals surface area contributed by atoms with E-state index in [-0.39, 0.29) is 18.0 Å². The Morgan fingerprint density at radius 1 is 0.881 bits per heavy atom. The van der Waals surface area contributed by atoms with Gasteiger partial charge in [-0.05, 0) is 63.4 Å². The Hall–Kier alpha value is -4.52. The number of hydrogen-bond acceptors (Lipinski definition) is 4. The van der Waals surface area contributed by atoms with Crippen molar-refractivity contribution in [1.82, 2.24) is 14.4 Å². The van der Waals surface area contributed by atoms with Crippen LogP contribution in [0.3, 0.4) is 0 Å². The average Bonchev–Trinajstić information content (AvgIpc) is 3.33. The minimum atomic E-state index is -0.595. The van der Waals surface area contributed by atoms with Crippen LogP contribution in [0.1, 0.15) is 42.4 Å². The van der Waals surface area contributed by atoms with E-state index in [1.165, 1.54) is 0 Å². The molecule has 0 unspecified atom stereocenters. The number of benzene rings is 3. The lowest BCUT2D eigenvalue weighted by molar-refractivity contribution is 0.00440. The summed E-state index contributed by atoms with van der Waals surface area (Å²) in [4.78, 5) is 31.3. The highest BCUT2D eigenvalue weighted by Gasteiger charge is 2.36. The van der Waals surface area contributed by atoms with Crippen LogP contribution in [0.4, 0.5) is 4.79 Å². The molecule has 1 aromatic heterocycles. The molecule has 0 saturated carbocycles. The normalized spacial score (nSPS) is 15.4. The summed E-state index contributed by atoms with van der Waals surface area (Å²) in [7, 11) is 1.66. The lowest BCUT2D eigenvalue weighted by Gasteiger charge is -2.42. The zero-order chi connectivity index (χ0) is 29.9. The van der Waals surface area contributed by atoms with Gasteiger partial charge in [0.05, 0.1) is 30.1 Å². The first-order valence-corrected chi connectivity index (χ1v) is 14.4. The minimum absolute atomic E-state index is 0.0598. The van der Waals surface area contributed by atoms with Crippen LogP contribution in [-0.4, -0.2) is 64.8 Å². The van der Waals surface area contributed by atoms with Crippen molar-refractivity contribution in [3.8, 4) is 22.7 Å². The van der Waals surface area contributed by atoms with E-state index in [1.54, 1.807) is 12.0 Å². The van der Waals surface area contributed by atoms with Crippen molar-refractivity contribution in [3.05, 3.63) is 108 Å². The summed E-state index contributed by atoms with van der Waals surface area (Å²) in [5, 5.41) is 0. The fourth-order valence-corrected chi connectivity index (χ4v) is 5.64. The predicted molar refractivity (Wildman–Crippen MR) is 165 cm³/mol. The molecule has 218 valence electrons. The Balaban J connectivity index is 1.56. The van der Waals surface area contributed by atoms with E-state index in [9.17, 15) is 9.59 Å². The summed E-state index contributed by atoms with van der Waals surface area (Å²) in [5.74, 6) is 0.663. The molecule has 0 radical (unpaired) electrons. The lowest BCUT2D eigenvalue weighted by atomic mass is 10.00. The fourth-order valence-electron chi connectivity index (χ4n) is 5.64. The smallest absolute Gasteiger partial charge is 0.410 e. The van der Waals surface area contributed by atoms with Gasteiger partial charge < -0.3 is 23.8 Å². The molecule has 7 heteroatoms. The first-order chi connectivity index (χ1) is 20.2. The number of aryl methyl sites for hydroxylation is 1. The van der Waals surface area contributed by atoms with Gasteiger partial charge in [-0.25, -0.2) is 4.79 Å². The molecule has 1 atom stereocenters. The standard InChI is InChI=1S/C35H39N3O4/c1-25-22-29(32(27-16-10-7-11-17-27)38(25)30-18-12-13-19-31(30)41-5)33(39)37-21-20-36(34(40)42-35(2,3)4)24-28(37)23-26-14-8-6-9-15-26/h6-19,22,28H,20-21,23-24H2,1-5H3/t28-/m1/s1. The molecule has 3 aromatic carbocycles. The molecular weight excluding hydrogens is 526 g/mol. The van der Waals surface area contributed by atoms with Gasteiger partial charge in [-0.15, -0.1) is 0 Å². The number of aromatic nitrogens is 1. The first kappa shape index (κ1) is 29.0. The largest absolute Gasteiger partial charge is 0.495 e. The van der Waals surface area contributed by atoms with Gasteiger partial charge in [0.25, 0.3) is 5.91 Å². The van der Waals surface area contributed by atoms with E-state index in [2.05, 4.69) is 16.7 Å². The summed E-state index contributed by atoms with van der Waals surface area (Å²) in [6.07, 6.45) is 0.273. The SMILES string of the molecule is COc1ccccc1-n1c(C)cc(C(=O)N2CCN(C(=O)OC(C)(C)C)C[C@H]2Cc2ccccc2)c1-c1ccccc1. The quantitative estimate of drug-likeness (QED) is 0.259. The average molecular weight is 566 g/mol. The van der Waals surface area contributed by atoms with Gasteiger partial charge >= 0.3 is 6.09 Å². The molecule has 4 aromatic rings. The molecule has 7 nitrogen and oxygen atoms in total. The van der Waals surface area contributed by atoms with Crippen LogP contribution in [0.25, 0.3) is 16.9 Å². The molecule has 1 aliphatic rings. The second kappa shape index (κ2) is 12.1. The number of para-hydroxylation sites is 2. The first-order valence-electron chi connectivity index (χ1n) is 14.4. The van der Waals surface area contributed by atoms with Gasteiger partial charge in [-0.3, -0.25) is 4.79 Å². The molecule has 1 aliphatic heterocycles. The summed E-state index contributed by atoms with van der Waals surface area (Å²) in [6.45, 7) is 8.81. The van der Waals surface area contributed by atoms with Crippen molar-refractivity contribution >= 4 is 12.0 Å². The third-order valence-corrected chi connectivity index (χ3v) is 7.50. The van der Waals surface area contributed by atoms with E-state index in [0.717, 1.165) is 34.0 Å². The molecule has 0 bridgehead atoms. The predicted octanol–water partition coefficient (Wildman–Crippen LogP) is 6.77. The van der Waals surface area contributed by atoms with E-state index in [4.69, 9.17) is 9.47 Å². The van der Waals surface area contributed by atoms with Gasteiger partial charge in [-0.1, -0.05) is 72.8 Å². The number of amides is 2. The van der Waals surface area contributed by atoms with Crippen LogP contribution in [0.15, 0.2) is 91.0 Å². The van der Waals surface area contributed by atoms with E-state index >= 15 is 0 Å². The van der Waals surface area contributed by atoms with Crippen molar-refractivity contribution in [2.75, 3.05) is 26.7 Å². The second-order valence-corrected chi connectivity index (χ2v) is 11.7. The van der Waals surface area contributed by atoms with Crippen LogP contribution < -0.4 is 4.74 Å². The van der Waals surface area contributed by atoms with Crippen LogP contribution in [0.2, 0.25) is 0 Å². The van der Waals surface area contributed by atoms with Gasteiger partial charge in [0.1, 0.15) is 11.4 Å². The Morgan fingerprint density at radius 3 is 2.19 bits per heavy atom. The zero-order valence-corrected chi connectivity index (χ0v) is 25.0. The number of piperazine rings is 1. The molecule has 42 heavy (non-hydrogen) atoms. The summed E-state index contributed by atoms with van der Waals surface area (Å²) in [5.41, 5.74) is 4.68. The lowest BCUT2D eigenvalue weighted by Crippen LogP contribution is -2.57. The van der Waals surface area contributed by atoms with Crippen molar-refractivity contribution < 1.29 is 19.1 Å². The molecule has 0 aliphatic carbocycles. The van der Waals surface area contributed by atoms with Crippen LogP contribution >= 0.6 is 0 Å². The Kier molecular flexibility index (Phi) is 8.39. The Bertz CT molecular complexity index is 1540. The highest BCUT2D eigenvalue weighted by molar-refractivity contribution is 6.01. The number of carbonyl (C=O) groups is 2. The van der Waals surface area contributed by atoms with Crippen LogP contribution in [0.5, 0.6) is 5.75 Å². The fraction of sp³-hybridized carbons (Fsp3) is 0.314. The summed E-state index contributed by atoms with van der Waals surface area (Å²) in [6, 6.07) is 29.7. The molecule has 2 amide bonds. The molecule has 2 heterocycles. The molecule has 1 fully saturated rings. The number of carbonyl (C=O) groups excluding carboxylic acids is 2. The monoisotopic (exact) mass is 565 g/mol. The molecule has 1 saturated heterocycles. The van der Waals surface area contributed by atoms with Crippen LogP contribution in [0, 0.1) is 6.92 Å². The van der Waals surface area contributed by atoms with Crippen molar-refractivity contribution in [1.29, 1.82) is 0 Å². The number of hydrogen-bond donors (Lipinski definition) is 0. The zero-order valence-electron chi connectivity index (χ0n) is 25.0. The number of ether oxygens (including phenoxy) is 2. The van der Waals surface area contributed by atoms with E-state index in [1.807, 2.05) is 111 Å². The second-order valence-electron chi connectivity index (χ2n) is 11.7. The van der Waals surface area contributed by atoms with E-state index in [0.29, 0.717) is 31.6 Å². The maximum atomic E-state index is 14.6. The molecule has 0 spiro atoms. The molecule has 0 N–H and O–H groups in total. The van der Waals surface area contributed by atoms with Crippen LogP contribution in [-0.2, 0) is 11.2 Å². The maximum Gasteiger partial charge on any atom is 0.410 e.